The molecular formula is C43H29F3O5S5. The molecule has 8 aromatic carbocycles. The van der Waals surface area contributed by atoms with E-state index in [4.69, 9.17) is 13.0 Å². The number of hydrogen-bond donors (Lipinski definition) is 1. The Kier molecular flexibility index (Phi) is 9.96. The number of hydrogen-bond acceptors (Lipinski definition) is 6. The van der Waals surface area contributed by atoms with Crippen LogP contribution in [0.5, 0.6) is 0 Å². The van der Waals surface area contributed by atoms with Gasteiger partial charge in [0.15, 0.2) is 0 Å². The van der Waals surface area contributed by atoms with Crippen LogP contribution in [0.2, 0.25) is 0 Å². The van der Waals surface area contributed by atoms with Gasteiger partial charge >= 0.3 is 15.6 Å². The van der Waals surface area contributed by atoms with E-state index < -0.39 is 37.2 Å². The van der Waals surface area contributed by atoms with Crippen molar-refractivity contribution in [3.8, 4) is 22.3 Å². The smallest absolute Gasteiger partial charge is 0.279 e. The normalized spacial score (nSPS) is 13.3. The van der Waals surface area contributed by atoms with E-state index in [1.54, 1.807) is 12.5 Å². The van der Waals surface area contributed by atoms with Gasteiger partial charge in [0.05, 0.1) is 21.6 Å². The molecule has 0 spiro atoms. The summed E-state index contributed by atoms with van der Waals surface area (Å²) in [5.41, 5.74) is -0.781. The van der Waals surface area contributed by atoms with E-state index in [0.717, 1.165) is 42.5 Å². The fourth-order valence-electron chi connectivity index (χ4n) is 7.22. The first-order chi connectivity index (χ1) is 26.7. The highest BCUT2D eigenvalue weighted by Crippen LogP contribution is 2.51. The Balaban J connectivity index is 0.000000133. The average molecular weight is 843 g/mol. The van der Waals surface area contributed by atoms with Crippen LogP contribution in [-0.2, 0) is 31.7 Å². The van der Waals surface area contributed by atoms with Crippen molar-refractivity contribution in [3.05, 3.63) is 133 Å². The first kappa shape index (κ1) is 38.1. The molecule has 8 aromatic rings. The maximum Gasteiger partial charge on any atom is 0.522 e. The van der Waals surface area contributed by atoms with Crippen LogP contribution >= 0.6 is 22.7 Å². The summed E-state index contributed by atoms with van der Waals surface area (Å²) in [6, 6.07) is 46.5. The van der Waals surface area contributed by atoms with Gasteiger partial charge < -0.3 is 0 Å². The van der Waals surface area contributed by atoms with E-state index in [1.165, 1.54) is 51.5 Å². The van der Waals surface area contributed by atoms with Crippen LogP contribution < -0.4 is 0 Å². The van der Waals surface area contributed by atoms with E-state index in [2.05, 4.69) is 72.8 Å². The fraction of sp³-hybridized carbons (Fsp3) is 0.0698. The third-order valence-corrected chi connectivity index (χ3v) is 14.3. The molecule has 10 rings (SSSR count). The van der Waals surface area contributed by atoms with E-state index in [-0.39, 0.29) is 0 Å². The maximum atomic E-state index is 12.5. The first-order valence-corrected chi connectivity index (χ1v) is 23.1. The van der Waals surface area contributed by atoms with Gasteiger partial charge in [-0.1, -0.05) is 97.1 Å². The van der Waals surface area contributed by atoms with Crippen LogP contribution in [0.3, 0.4) is 0 Å². The fourth-order valence-corrected chi connectivity index (χ4v) is 11.0. The van der Waals surface area contributed by atoms with Gasteiger partial charge in [-0.2, -0.15) is 21.6 Å². The Bertz CT molecular complexity index is 3040. The first-order valence-electron chi connectivity index (χ1n) is 16.9. The van der Waals surface area contributed by atoms with E-state index in [9.17, 15) is 21.6 Å². The lowest BCUT2D eigenvalue weighted by molar-refractivity contribution is -0.0510. The van der Waals surface area contributed by atoms with Crippen molar-refractivity contribution < 1.29 is 34.6 Å². The monoisotopic (exact) mass is 842 g/mol. The third-order valence-electron chi connectivity index (χ3n) is 9.57. The molecule has 0 radical (unpaired) electrons. The summed E-state index contributed by atoms with van der Waals surface area (Å²) in [4.78, 5) is 1.54. The molecule has 0 aromatic heterocycles. The van der Waals surface area contributed by atoms with Gasteiger partial charge in [0.2, 0.25) is 0 Å². The van der Waals surface area contributed by atoms with Crippen molar-refractivity contribution in [2.24, 2.45) is 0 Å². The van der Waals surface area contributed by atoms with Crippen LogP contribution in [0.25, 0.3) is 84.1 Å². The van der Waals surface area contributed by atoms with Crippen molar-refractivity contribution >= 4 is 116 Å². The highest BCUT2D eigenvalue weighted by Gasteiger charge is 2.44. The molecule has 1 N–H and O–H groups in total. The maximum absolute atomic E-state index is 12.5. The van der Waals surface area contributed by atoms with Crippen LogP contribution in [0.15, 0.2) is 143 Å². The summed E-state index contributed by atoms with van der Waals surface area (Å²) in [5.74, 6) is 0. The van der Waals surface area contributed by atoms with Crippen molar-refractivity contribution in [1.29, 1.82) is 0 Å². The summed E-state index contributed by atoms with van der Waals surface area (Å²) in [6.45, 7) is 0. The van der Waals surface area contributed by atoms with Crippen molar-refractivity contribution in [3.63, 3.8) is 0 Å². The topological polar surface area (TPSA) is 88.5 Å². The second kappa shape index (κ2) is 14.6. The number of fused-ring (bicyclic) bond motifs is 2. The Morgan fingerprint density at radius 1 is 0.482 bits per heavy atom. The van der Waals surface area contributed by atoms with E-state index >= 15 is 0 Å². The minimum absolute atomic E-state index is 0.770. The van der Waals surface area contributed by atoms with Crippen LogP contribution in [-0.4, -0.2) is 39.4 Å². The molecule has 2 atom stereocenters. The summed E-state index contributed by atoms with van der Waals surface area (Å²) in [7, 11) is -8.16. The Morgan fingerprint density at radius 3 is 1.21 bits per heavy atom. The molecule has 2 aliphatic heterocycles. The van der Waals surface area contributed by atoms with Gasteiger partial charge in [0.25, 0.3) is 0 Å². The zero-order valence-electron chi connectivity index (χ0n) is 29.5. The molecule has 282 valence electrons. The summed E-state index contributed by atoms with van der Waals surface area (Å²) >= 11 is 3.83. The quantitative estimate of drug-likeness (QED) is 0.0828. The molecule has 2 unspecified atom stereocenters. The average Bonchev–Trinajstić information content (AvgIpc) is 3.17. The lowest BCUT2D eigenvalue weighted by Gasteiger charge is -2.20. The molecule has 2 heterocycles. The van der Waals surface area contributed by atoms with Crippen LogP contribution in [0.4, 0.5) is 13.2 Å². The third kappa shape index (κ3) is 6.76. The number of alkyl halides is 3. The van der Waals surface area contributed by atoms with Crippen molar-refractivity contribution in [1.82, 2.24) is 0 Å². The SMILES string of the molecule is CS(=O)c1ccc2ccccc2c1-c1c(S(C)=O)ccc2ccccc12.O=S(=O)(O)C(F)(F)F.c1cc2ccc3sc4cccc5ccc6sc(c1)c2c3-c6c54. The van der Waals surface area contributed by atoms with Crippen molar-refractivity contribution in [2.45, 2.75) is 15.3 Å². The van der Waals surface area contributed by atoms with Gasteiger partial charge in [0.1, 0.15) is 0 Å². The predicted octanol–water partition coefficient (Wildman–Crippen LogP) is 12.5. The molecular weight excluding hydrogens is 814 g/mol. The van der Waals surface area contributed by atoms with Crippen molar-refractivity contribution in [2.75, 3.05) is 12.5 Å². The standard InChI is InChI=1S/C22H18O2S2.C20H10S2.CHF3O3S/c1-25(23)19-13-11-15-7-3-5-9-17(15)21(19)22-18-10-6-4-8-16(18)12-14-20(22)26(2)24;1-3-11-7-9-16-19-17(11)13(5-1)21-15-10-8-12-4-2-6-14(22-16)18(12)20(15)19;2-1(3,4)8(5,6)7/h3-14H,1-2H3;1-10H;(H,5,6,7). The molecule has 13 heteroatoms. The zero-order valence-corrected chi connectivity index (χ0v) is 33.5. The Labute approximate surface area is 332 Å². The number of rotatable bonds is 3. The Hall–Kier alpha value is -4.76. The molecule has 0 amide bonds. The van der Waals surface area contributed by atoms with Crippen LogP contribution in [0, 0.1) is 0 Å². The van der Waals surface area contributed by atoms with Gasteiger partial charge in [0, 0.05) is 74.1 Å². The minimum atomic E-state index is -5.84. The predicted molar refractivity (Wildman–Crippen MR) is 229 cm³/mol. The van der Waals surface area contributed by atoms with E-state index in [1.807, 2.05) is 83.3 Å². The summed E-state index contributed by atoms with van der Waals surface area (Å²) < 4.78 is 88.2. The molecule has 2 aliphatic rings. The molecule has 0 saturated heterocycles. The molecule has 0 aliphatic carbocycles. The van der Waals surface area contributed by atoms with Gasteiger partial charge in [-0.15, -0.1) is 22.7 Å². The lowest BCUT2D eigenvalue weighted by atomic mass is 9.93. The number of benzene rings is 8. The highest BCUT2D eigenvalue weighted by molar-refractivity contribution is 7.86. The van der Waals surface area contributed by atoms with Gasteiger partial charge in [-0.3, -0.25) is 13.0 Å². The highest BCUT2D eigenvalue weighted by atomic mass is 32.2. The molecule has 0 saturated carbocycles. The van der Waals surface area contributed by atoms with Gasteiger partial charge in [-0.05, 0) is 68.7 Å². The summed E-state index contributed by atoms with van der Waals surface area (Å²) in [5, 5.41) is 9.80. The molecule has 56 heavy (non-hydrogen) atoms. The van der Waals surface area contributed by atoms with E-state index in [0.29, 0.717) is 0 Å². The molecule has 5 nitrogen and oxygen atoms in total. The summed E-state index contributed by atoms with van der Waals surface area (Å²) in [6.07, 6.45) is 3.39. The minimum Gasteiger partial charge on any atom is -0.279 e. The molecule has 0 bridgehead atoms. The largest absolute Gasteiger partial charge is 0.522 e. The Morgan fingerprint density at radius 2 is 0.839 bits per heavy atom. The number of halogens is 3. The lowest BCUT2D eigenvalue weighted by Crippen LogP contribution is -2.21. The second-order valence-corrected chi connectivity index (χ2v) is 19.2. The van der Waals surface area contributed by atoms with Gasteiger partial charge in [-0.25, -0.2) is 0 Å². The van der Waals surface area contributed by atoms with Crippen LogP contribution in [0.1, 0.15) is 0 Å². The zero-order chi connectivity index (χ0) is 39.5. The molecule has 0 fully saturated rings. The second-order valence-electron chi connectivity index (χ2n) is 12.9.